The SMILES string of the molecule is COC(=O)C[C@@H](C1=C(O)c2ccccc2C(=O)C1=O)c1cccc(OC(F)F)c1. The summed E-state index contributed by atoms with van der Waals surface area (Å²) in [5.41, 5.74) is 0.135. The van der Waals surface area contributed by atoms with Gasteiger partial charge in [-0.2, -0.15) is 8.78 Å². The number of carbonyl (C=O) groups excluding carboxylic acids is 3. The highest BCUT2D eigenvalue weighted by atomic mass is 19.3. The largest absolute Gasteiger partial charge is 0.507 e. The van der Waals surface area contributed by atoms with E-state index in [0.717, 1.165) is 7.11 Å². The zero-order valence-electron chi connectivity index (χ0n) is 15.2. The first kappa shape index (κ1) is 20.2. The number of halogens is 2. The highest BCUT2D eigenvalue weighted by Gasteiger charge is 2.38. The quantitative estimate of drug-likeness (QED) is 0.586. The van der Waals surface area contributed by atoms with Crippen LogP contribution in [0.25, 0.3) is 5.76 Å². The second-order valence-corrected chi connectivity index (χ2v) is 6.25. The van der Waals surface area contributed by atoms with E-state index in [1.807, 2.05) is 0 Å². The van der Waals surface area contributed by atoms with Gasteiger partial charge in [-0.15, -0.1) is 0 Å². The number of allylic oxidation sites excluding steroid dienone is 1. The minimum Gasteiger partial charge on any atom is -0.507 e. The van der Waals surface area contributed by atoms with Crippen LogP contribution >= 0.6 is 0 Å². The second-order valence-electron chi connectivity index (χ2n) is 6.25. The summed E-state index contributed by atoms with van der Waals surface area (Å²) in [6, 6.07) is 11.4. The maximum Gasteiger partial charge on any atom is 0.387 e. The minimum absolute atomic E-state index is 0.0466. The third-order valence-electron chi connectivity index (χ3n) is 4.57. The molecule has 1 N–H and O–H groups in total. The standard InChI is InChI=1S/C21H16F2O6/c1-28-16(24)10-15(11-5-4-6-12(9-11)29-21(22)23)17-18(25)13-7-2-3-8-14(13)19(26)20(17)27/h2-9,15,21,25H,10H2,1H3/t15-/m1/s1. The number of aliphatic hydroxyl groups is 1. The van der Waals surface area contributed by atoms with Crippen LogP contribution in [0.3, 0.4) is 0 Å². The first-order valence-corrected chi connectivity index (χ1v) is 8.56. The molecule has 0 aromatic heterocycles. The number of alkyl halides is 2. The fourth-order valence-corrected chi connectivity index (χ4v) is 3.25. The molecule has 0 bridgehead atoms. The summed E-state index contributed by atoms with van der Waals surface area (Å²) in [6.45, 7) is -3.07. The van der Waals surface area contributed by atoms with E-state index in [1.165, 1.54) is 36.4 Å². The van der Waals surface area contributed by atoms with Crippen LogP contribution in [0.2, 0.25) is 0 Å². The first-order chi connectivity index (χ1) is 13.8. The lowest BCUT2D eigenvalue weighted by Gasteiger charge is -2.24. The number of aliphatic hydroxyl groups excluding tert-OH is 1. The Hall–Kier alpha value is -3.55. The van der Waals surface area contributed by atoms with Crippen LogP contribution in [-0.2, 0) is 14.3 Å². The summed E-state index contributed by atoms with van der Waals surface area (Å²) in [6.07, 6.45) is -0.394. The normalized spacial score (nSPS) is 14.6. The maximum atomic E-state index is 12.8. The Morgan fingerprint density at radius 1 is 1.03 bits per heavy atom. The molecule has 150 valence electrons. The predicted molar refractivity (Wildman–Crippen MR) is 97.8 cm³/mol. The molecule has 2 aromatic carbocycles. The van der Waals surface area contributed by atoms with Gasteiger partial charge in [-0.3, -0.25) is 14.4 Å². The van der Waals surface area contributed by atoms with Crippen molar-refractivity contribution >= 4 is 23.3 Å². The Morgan fingerprint density at radius 3 is 2.38 bits per heavy atom. The van der Waals surface area contributed by atoms with E-state index in [4.69, 9.17) is 0 Å². The van der Waals surface area contributed by atoms with Gasteiger partial charge < -0.3 is 14.6 Å². The Labute approximate surface area is 164 Å². The number of methoxy groups -OCH3 is 1. The molecule has 0 unspecified atom stereocenters. The number of hydrogen-bond donors (Lipinski definition) is 1. The van der Waals surface area contributed by atoms with E-state index >= 15 is 0 Å². The Bertz CT molecular complexity index is 1010. The van der Waals surface area contributed by atoms with Gasteiger partial charge in [-0.25, -0.2) is 0 Å². The van der Waals surface area contributed by atoms with E-state index in [-0.39, 0.29) is 28.0 Å². The second kappa shape index (κ2) is 8.22. The zero-order chi connectivity index (χ0) is 21.1. The van der Waals surface area contributed by atoms with Crippen molar-refractivity contribution in [1.82, 2.24) is 0 Å². The van der Waals surface area contributed by atoms with Crippen molar-refractivity contribution in [1.29, 1.82) is 0 Å². The molecule has 0 saturated carbocycles. The van der Waals surface area contributed by atoms with Gasteiger partial charge in [-0.1, -0.05) is 36.4 Å². The monoisotopic (exact) mass is 402 g/mol. The molecule has 0 spiro atoms. The molecule has 29 heavy (non-hydrogen) atoms. The molecule has 0 heterocycles. The molecule has 2 aromatic rings. The molecule has 0 aliphatic heterocycles. The number of esters is 1. The van der Waals surface area contributed by atoms with Gasteiger partial charge in [0.05, 0.1) is 19.1 Å². The molecular formula is C21H16F2O6. The average molecular weight is 402 g/mol. The summed E-state index contributed by atoms with van der Waals surface area (Å²) in [4.78, 5) is 37.3. The topological polar surface area (TPSA) is 89.9 Å². The first-order valence-electron chi connectivity index (χ1n) is 8.56. The molecule has 8 heteroatoms. The third-order valence-corrected chi connectivity index (χ3v) is 4.57. The summed E-state index contributed by atoms with van der Waals surface area (Å²) in [7, 11) is 1.15. The summed E-state index contributed by atoms with van der Waals surface area (Å²) in [5, 5.41) is 10.7. The van der Waals surface area contributed by atoms with Crippen LogP contribution in [0, 0.1) is 0 Å². The summed E-state index contributed by atoms with van der Waals surface area (Å²) >= 11 is 0. The Kier molecular flexibility index (Phi) is 5.72. The van der Waals surface area contributed by atoms with Crippen LogP contribution < -0.4 is 4.74 Å². The van der Waals surface area contributed by atoms with Gasteiger partial charge in [0, 0.05) is 17.0 Å². The number of carbonyl (C=O) groups is 3. The van der Waals surface area contributed by atoms with E-state index < -0.39 is 42.2 Å². The predicted octanol–water partition coefficient (Wildman–Crippen LogP) is 3.67. The summed E-state index contributed by atoms with van der Waals surface area (Å²) < 4.78 is 34.2. The van der Waals surface area contributed by atoms with Crippen molar-refractivity contribution < 1.29 is 37.7 Å². The molecule has 6 nitrogen and oxygen atoms in total. The van der Waals surface area contributed by atoms with Gasteiger partial charge in [0.1, 0.15) is 11.5 Å². The fourth-order valence-electron chi connectivity index (χ4n) is 3.25. The summed E-state index contributed by atoms with van der Waals surface area (Å²) in [5.74, 6) is -4.26. The van der Waals surface area contributed by atoms with Crippen molar-refractivity contribution in [3.05, 3.63) is 70.8 Å². The molecular weight excluding hydrogens is 386 g/mol. The third kappa shape index (κ3) is 4.01. The molecule has 1 aliphatic rings. The number of hydrogen-bond acceptors (Lipinski definition) is 6. The number of Topliss-reactive ketones (excluding diaryl/α,β-unsaturated/α-hetero) is 2. The Balaban J connectivity index is 2.16. The van der Waals surface area contributed by atoms with E-state index in [2.05, 4.69) is 9.47 Å². The van der Waals surface area contributed by atoms with Crippen LogP contribution in [0.4, 0.5) is 8.78 Å². The maximum absolute atomic E-state index is 12.8. The number of rotatable bonds is 6. The van der Waals surface area contributed by atoms with Gasteiger partial charge >= 0.3 is 12.6 Å². The van der Waals surface area contributed by atoms with Gasteiger partial charge in [0.25, 0.3) is 0 Å². The number of ether oxygens (including phenoxy) is 2. The van der Waals surface area contributed by atoms with Crippen molar-refractivity contribution in [2.75, 3.05) is 7.11 Å². The molecule has 0 radical (unpaired) electrons. The zero-order valence-corrected chi connectivity index (χ0v) is 15.2. The molecule has 1 atom stereocenters. The smallest absolute Gasteiger partial charge is 0.387 e. The van der Waals surface area contributed by atoms with Crippen molar-refractivity contribution in [2.45, 2.75) is 19.0 Å². The average Bonchev–Trinajstić information content (AvgIpc) is 2.71. The number of fused-ring (bicyclic) bond motifs is 1. The Morgan fingerprint density at radius 2 is 1.72 bits per heavy atom. The van der Waals surface area contributed by atoms with Crippen LogP contribution in [0.5, 0.6) is 5.75 Å². The van der Waals surface area contributed by atoms with Crippen molar-refractivity contribution in [3.63, 3.8) is 0 Å². The lowest BCUT2D eigenvalue weighted by molar-refractivity contribution is -0.140. The molecule has 1 aliphatic carbocycles. The van der Waals surface area contributed by atoms with E-state index in [0.29, 0.717) is 0 Å². The molecule has 0 fully saturated rings. The number of benzene rings is 2. The molecule has 0 amide bonds. The van der Waals surface area contributed by atoms with Crippen molar-refractivity contribution in [3.8, 4) is 5.75 Å². The highest BCUT2D eigenvalue weighted by molar-refractivity contribution is 6.52. The van der Waals surface area contributed by atoms with Crippen LogP contribution in [0.1, 0.15) is 33.8 Å². The van der Waals surface area contributed by atoms with E-state index in [1.54, 1.807) is 12.1 Å². The van der Waals surface area contributed by atoms with Gasteiger partial charge in [0.15, 0.2) is 0 Å². The fraction of sp³-hybridized carbons (Fsp3) is 0.190. The number of ketones is 2. The highest BCUT2D eigenvalue weighted by Crippen LogP contribution is 2.39. The molecule has 3 rings (SSSR count). The van der Waals surface area contributed by atoms with E-state index in [9.17, 15) is 28.3 Å². The van der Waals surface area contributed by atoms with Crippen molar-refractivity contribution in [2.24, 2.45) is 0 Å². The van der Waals surface area contributed by atoms with Gasteiger partial charge in [0.2, 0.25) is 11.6 Å². The molecule has 0 saturated heterocycles. The lowest BCUT2D eigenvalue weighted by atomic mass is 9.78. The minimum atomic E-state index is -3.07. The van der Waals surface area contributed by atoms with Gasteiger partial charge in [-0.05, 0) is 17.7 Å². The lowest BCUT2D eigenvalue weighted by Crippen LogP contribution is -2.28. The van der Waals surface area contributed by atoms with Crippen LogP contribution in [0.15, 0.2) is 54.1 Å². The van der Waals surface area contributed by atoms with Crippen LogP contribution in [-0.4, -0.2) is 36.4 Å².